The molecule has 8 heteroatoms. The molecule has 0 aliphatic carbocycles. The van der Waals surface area contributed by atoms with E-state index < -0.39 is 5.91 Å². The maximum Gasteiger partial charge on any atom is 0.263 e. The highest BCUT2D eigenvalue weighted by molar-refractivity contribution is 7.17. The summed E-state index contributed by atoms with van der Waals surface area (Å²) in [6, 6.07) is 14.5. The quantitative estimate of drug-likeness (QED) is 0.508. The van der Waals surface area contributed by atoms with E-state index in [2.05, 4.69) is 10.3 Å². The molecule has 1 N–H and O–H groups in total. The van der Waals surface area contributed by atoms with Gasteiger partial charge in [-0.05, 0) is 30.7 Å². The molecule has 0 aliphatic rings. The Kier molecular flexibility index (Phi) is 5.36. The van der Waals surface area contributed by atoms with Crippen molar-refractivity contribution >= 4 is 44.7 Å². The number of halogens is 1. The summed E-state index contributed by atoms with van der Waals surface area (Å²) in [5, 5.41) is 14.3. The van der Waals surface area contributed by atoms with Crippen LogP contribution in [0.2, 0.25) is 5.02 Å². The molecule has 2 heterocycles. The molecule has 0 saturated carbocycles. The predicted octanol–water partition coefficient (Wildman–Crippen LogP) is 4.60. The number of anilines is 1. The van der Waals surface area contributed by atoms with Gasteiger partial charge in [0.05, 0.1) is 22.3 Å². The molecule has 1 amide bonds. The first-order chi connectivity index (χ1) is 14.5. The molecule has 0 bridgehead atoms. The van der Waals surface area contributed by atoms with Crippen molar-refractivity contribution in [1.82, 2.24) is 9.55 Å². The Hall–Kier alpha value is -3.47. The van der Waals surface area contributed by atoms with Gasteiger partial charge >= 0.3 is 0 Å². The lowest BCUT2D eigenvalue weighted by Gasteiger charge is -2.08. The minimum Gasteiger partial charge on any atom is -0.324 e. The molecule has 0 saturated heterocycles. The summed E-state index contributed by atoms with van der Waals surface area (Å²) in [7, 11) is 0. The summed E-state index contributed by atoms with van der Waals surface area (Å²) in [5.41, 5.74) is 3.36. The van der Waals surface area contributed by atoms with Crippen molar-refractivity contribution < 1.29 is 4.79 Å². The number of hydrogen-bond acceptors (Lipinski definition) is 5. The molecule has 0 spiro atoms. The summed E-state index contributed by atoms with van der Waals surface area (Å²) in [4.78, 5) is 30.5. The standard InChI is InChI=1S/C22H15ClN4O2S/c1-13-2-4-14(5-3-13)17-11-30-21-20(17)22(29)27(12-25-21)10-19(28)26-16-7-6-15(9-24)18(23)8-16/h2-8,11-12H,10H2,1H3,(H,26,28). The Balaban J connectivity index is 1.62. The molecular weight excluding hydrogens is 420 g/mol. The van der Waals surface area contributed by atoms with Crippen molar-refractivity contribution in [3.05, 3.63) is 80.7 Å². The zero-order valence-corrected chi connectivity index (χ0v) is 17.4. The Bertz CT molecular complexity index is 1370. The summed E-state index contributed by atoms with van der Waals surface area (Å²) in [6.07, 6.45) is 1.38. The van der Waals surface area contributed by atoms with E-state index in [0.29, 0.717) is 21.5 Å². The van der Waals surface area contributed by atoms with Crippen LogP contribution >= 0.6 is 22.9 Å². The second kappa shape index (κ2) is 8.11. The van der Waals surface area contributed by atoms with Crippen LogP contribution in [-0.2, 0) is 11.3 Å². The third kappa shape index (κ3) is 3.83. The number of thiophene rings is 1. The maximum absolute atomic E-state index is 13.1. The van der Waals surface area contributed by atoms with Crippen LogP contribution in [0.3, 0.4) is 0 Å². The number of nitrogens with one attached hydrogen (secondary N) is 1. The molecule has 2 aromatic carbocycles. The highest BCUT2D eigenvalue weighted by atomic mass is 35.5. The number of nitrogens with zero attached hydrogens (tertiary/aromatic N) is 3. The number of amides is 1. The van der Waals surface area contributed by atoms with Crippen molar-refractivity contribution in [2.75, 3.05) is 5.32 Å². The van der Waals surface area contributed by atoms with E-state index in [1.165, 1.54) is 34.4 Å². The molecule has 2 aromatic heterocycles. The van der Waals surface area contributed by atoms with Gasteiger partial charge in [0.25, 0.3) is 5.56 Å². The number of aryl methyl sites for hydroxylation is 1. The predicted molar refractivity (Wildman–Crippen MR) is 119 cm³/mol. The average molecular weight is 435 g/mol. The van der Waals surface area contributed by atoms with Crippen LogP contribution < -0.4 is 10.9 Å². The molecule has 0 unspecified atom stereocenters. The molecule has 4 aromatic rings. The van der Waals surface area contributed by atoms with Gasteiger partial charge in [-0.25, -0.2) is 4.98 Å². The average Bonchev–Trinajstić information content (AvgIpc) is 3.16. The molecule has 148 valence electrons. The zero-order valence-electron chi connectivity index (χ0n) is 15.8. The topological polar surface area (TPSA) is 87.8 Å². The van der Waals surface area contributed by atoms with Crippen LogP contribution in [0.25, 0.3) is 21.3 Å². The van der Waals surface area contributed by atoms with Gasteiger partial charge < -0.3 is 5.32 Å². The van der Waals surface area contributed by atoms with Crippen LogP contribution in [0.5, 0.6) is 0 Å². The van der Waals surface area contributed by atoms with Crippen LogP contribution in [0.4, 0.5) is 5.69 Å². The smallest absolute Gasteiger partial charge is 0.263 e. The molecule has 4 rings (SSSR count). The van der Waals surface area contributed by atoms with Crippen molar-refractivity contribution in [3.63, 3.8) is 0 Å². The second-order valence-electron chi connectivity index (χ2n) is 6.73. The highest BCUT2D eigenvalue weighted by Gasteiger charge is 2.15. The Morgan fingerprint density at radius 1 is 1.27 bits per heavy atom. The van der Waals surface area contributed by atoms with Gasteiger partial charge in [0.2, 0.25) is 5.91 Å². The largest absolute Gasteiger partial charge is 0.324 e. The van der Waals surface area contributed by atoms with Gasteiger partial charge in [0, 0.05) is 16.6 Å². The van der Waals surface area contributed by atoms with E-state index in [0.717, 1.165) is 16.7 Å². The number of fused-ring (bicyclic) bond motifs is 1. The van der Waals surface area contributed by atoms with Crippen molar-refractivity contribution in [2.24, 2.45) is 0 Å². The fraction of sp³-hybridized carbons (Fsp3) is 0.0909. The van der Waals surface area contributed by atoms with Gasteiger partial charge in [0.1, 0.15) is 17.4 Å². The lowest BCUT2D eigenvalue weighted by Crippen LogP contribution is -2.27. The molecule has 0 aliphatic heterocycles. The fourth-order valence-corrected chi connectivity index (χ4v) is 4.19. The number of nitriles is 1. The number of hydrogen-bond donors (Lipinski definition) is 1. The van der Waals surface area contributed by atoms with Crippen LogP contribution in [0, 0.1) is 18.3 Å². The number of carbonyl (C=O) groups excluding carboxylic acids is 1. The summed E-state index contributed by atoms with van der Waals surface area (Å²) in [6.45, 7) is 1.81. The van der Waals surface area contributed by atoms with Gasteiger partial charge in [-0.1, -0.05) is 41.4 Å². The molecule has 6 nitrogen and oxygen atoms in total. The fourth-order valence-electron chi connectivity index (χ4n) is 3.06. The van der Waals surface area contributed by atoms with Gasteiger partial charge in [-0.3, -0.25) is 14.2 Å². The Morgan fingerprint density at radius 2 is 2.03 bits per heavy atom. The van der Waals surface area contributed by atoms with Crippen LogP contribution in [0.15, 0.2) is 59.0 Å². The molecular formula is C22H15ClN4O2S. The Morgan fingerprint density at radius 3 is 2.73 bits per heavy atom. The van der Waals surface area contributed by atoms with Crippen molar-refractivity contribution in [1.29, 1.82) is 5.26 Å². The first-order valence-corrected chi connectivity index (χ1v) is 10.2. The lowest BCUT2D eigenvalue weighted by molar-refractivity contribution is -0.116. The van der Waals surface area contributed by atoms with Gasteiger partial charge in [-0.15, -0.1) is 11.3 Å². The Labute approximate surface area is 181 Å². The summed E-state index contributed by atoms with van der Waals surface area (Å²) in [5.74, 6) is -0.397. The van der Waals surface area contributed by atoms with Crippen LogP contribution in [0.1, 0.15) is 11.1 Å². The first kappa shape index (κ1) is 19.8. The minimum absolute atomic E-state index is 0.192. The third-order valence-corrected chi connectivity index (χ3v) is 5.81. The zero-order chi connectivity index (χ0) is 21.3. The van der Waals surface area contributed by atoms with Crippen LogP contribution in [-0.4, -0.2) is 15.5 Å². The number of aromatic nitrogens is 2. The first-order valence-electron chi connectivity index (χ1n) is 8.99. The van der Waals surface area contributed by atoms with Gasteiger partial charge in [0.15, 0.2) is 0 Å². The van der Waals surface area contributed by atoms with E-state index in [-0.39, 0.29) is 17.1 Å². The number of rotatable bonds is 4. The minimum atomic E-state index is -0.397. The monoisotopic (exact) mass is 434 g/mol. The number of benzene rings is 2. The van der Waals surface area contributed by atoms with E-state index >= 15 is 0 Å². The van der Waals surface area contributed by atoms with E-state index in [4.69, 9.17) is 16.9 Å². The van der Waals surface area contributed by atoms with Crippen molar-refractivity contribution in [2.45, 2.75) is 13.5 Å². The highest BCUT2D eigenvalue weighted by Crippen LogP contribution is 2.30. The van der Waals surface area contributed by atoms with E-state index in [1.807, 2.05) is 42.6 Å². The van der Waals surface area contributed by atoms with Crippen molar-refractivity contribution in [3.8, 4) is 17.2 Å². The molecule has 0 radical (unpaired) electrons. The van der Waals surface area contributed by atoms with E-state index in [1.54, 1.807) is 6.07 Å². The second-order valence-corrected chi connectivity index (χ2v) is 7.99. The summed E-state index contributed by atoms with van der Waals surface area (Å²) >= 11 is 7.40. The third-order valence-electron chi connectivity index (χ3n) is 4.61. The molecule has 30 heavy (non-hydrogen) atoms. The lowest BCUT2D eigenvalue weighted by atomic mass is 10.1. The van der Waals surface area contributed by atoms with Gasteiger partial charge in [-0.2, -0.15) is 5.26 Å². The normalized spacial score (nSPS) is 10.7. The number of carbonyl (C=O) groups is 1. The van der Waals surface area contributed by atoms with E-state index in [9.17, 15) is 9.59 Å². The maximum atomic E-state index is 13.1. The summed E-state index contributed by atoms with van der Waals surface area (Å²) < 4.78 is 1.29. The molecule has 0 atom stereocenters. The SMILES string of the molecule is Cc1ccc(-c2csc3ncn(CC(=O)Nc4ccc(C#N)c(Cl)c4)c(=O)c23)cc1. The molecule has 0 fully saturated rings.